The lowest BCUT2D eigenvalue weighted by molar-refractivity contribution is 0.100. The van der Waals surface area contributed by atoms with Gasteiger partial charge in [-0.05, 0) is 17.5 Å². The Balaban J connectivity index is 2.23. The minimum atomic E-state index is -0.405. The normalized spacial score (nSPS) is 13.9. The van der Waals surface area contributed by atoms with E-state index in [9.17, 15) is 4.79 Å². The van der Waals surface area contributed by atoms with Gasteiger partial charge in [-0.3, -0.25) is 10.2 Å². The van der Waals surface area contributed by atoms with E-state index in [0.717, 1.165) is 16.5 Å². The second-order valence-electron chi connectivity index (χ2n) is 3.87. The van der Waals surface area contributed by atoms with Crippen molar-refractivity contribution in [1.82, 2.24) is 5.43 Å². The largest absolute Gasteiger partial charge is 0.366 e. The van der Waals surface area contributed by atoms with Crippen LogP contribution in [0.3, 0.4) is 0 Å². The number of nitrogens with two attached hydrogens (primary N) is 1. The fourth-order valence-corrected chi connectivity index (χ4v) is 2.66. The maximum absolute atomic E-state index is 11.4. The van der Waals surface area contributed by atoms with Crippen molar-refractivity contribution in [2.24, 2.45) is 5.73 Å². The first-order valence-corrected chi connectivity index (χ1v) is 6.30. The number of benzene rings is 2. The fraction of sp³-hybridized carbons (Fsp3) is 0. The number of amides is 1. The lowest BCUT2D eigenvalue weighted by atomic mass is 10.0. The van der Waals surface area contributed by atoms with E-state index in [2.05, 4.69) is 5.43 Å². The summed E-state index contributed by atoms with van der Waals surface area (Å²) in [4.78, 5) is 11.4. The van der Waals surface area contributed by atoms with Crippen molar-refractivity contribution in [3.63, 3.8) is 0 Å². The molecule has 90 valence electrons. The number of anilines is 1. The van der Waals surface area contributed by atoms with Gasteiger partial charge in [0.25, 0.3) is 0 Å². The number of carbonyl (C=O) groups is 1. The molecule has 1 aliphatic rings. The Bertz CT molecular complexity index is 646. The molecule has 3 rings (SSSR count). The van der Waals surface area contributed by atoms with Crippen LogP contribution >= 0.6 is 11.9 Å². The van der Waals surface area contributed by atoms with Gasteiger partial charge < -0.3 is 5.73 Å². The van der Waals surface area contributed by atoms with Crippen LogP contribution in [-0.4, -0.2) is 5.91 Å². The second kappa shape index (κ2) is 4.27. The van der Waals surface area contributed by atoms with Crippen LogP contribution in [0.5, 0.6) is 0 Å². The van der Waals surface area contributed by atoms with E-state index in [1.807, 2.05) is 46.4 Å². The molecular formula is C13H11N3OS. The number of fused-ring (bicyclic) bond motifs is 1. The fourth-order valence-electron chi connectivity index (χ4n) is 2.02. The average Bonchev–Trinajstić information content (AvgIpc) is 2.91. The Hall–Kier alpha value is -2.14. The zero-order valence-corrected chi connectivity index (χ0v) is 10.3. The van der Waals surface area contributed by atoms with Gasteiger partial charge in [-0.2, -0.15) is 0 Å². The first-order valence-electron chi connectivity index (χ1n) is 5.47. The number of primary amides is 1. The topological polar surface area (TPSA) is 58.4 Å². The third kappa shape index (κ3) is 1.69. The highest BCUT2D eigenvalue weighted by Crippen LogP contribution is 2.33. The van der Waals surface area contributed by atoms with Crippen LogP contribution in [-0.2, 0) is 0 Å². The number of nitrogens with one attached hydrogen (secondary N) is 1. The minimum Gasteiger partial charge on any atom is -0.366 e. The van der Waals surface area contributed by atoms with Crippen LogP contribution in [0.15, 0.2) is 48.0 Å². The van der Waals surface area contributed by atoms with Gasteiger partial charge in [0.2, 0.25) is 5.91 Å². The third-order valence-corrected chi connectivity index (χ3v) is 3.58. The third-order valence-electron chi connectivity index (χ3n) is 2.81. The Morgan fingerprint density at radius 3 is 2.61 bits per heavy atom. The minimum absolute atomic E-state index is 0.405. The van der Waals surface area contributed by atoms with E-state index in [-0.39, 0.29) is 0 Å². The lowest BCUT2D eigenvalue weighted by Gasteiger charge is -2.19. The first-order chi connectivity index (χ1) is 8.77. The smallest absolute Gasteiger partial charge is 0.249 e. The molecule has 2 aromatic carbocycles. The van der Waals surface area contributed by atoms with Gasteiger partial charge in [-0.15, -0.1) is 0 Å². The molecule has 0 radical (unpaired) electrons. The highest BCUT2D eigenvalue weighted by atomic mass is 32.2. The summed E-state index contributed by atoms with van der Waals surface area (Å²) in [7, 11) is 0. The van der Waals surface area contributed by atoms with Crippen LogP contribution in [0.4, 0.5) is 5.69 Å². The van der Waals surface area contributed by atoms with Crippen LogP contribution in [0, 0.1) is 0 Å². The molecule has 5 heteroatoms. The van der Waals surface area contributed by atoms with Crippen molar-refractivity contribution in [3.05, 3.63) is 53.6 Å². The molecule has 1 amide bonds. The Kier molecular flexibility index (Phi) is 2.60. The van der Waals surface area contributed by atoms with E-state index in [1.54, 1.807) is 18.0 Å². The SMILES string of the molecule is NC(=O)c1ccc(N2NC=CS2)c2ccccc12. The van der Waals surface area contributed by atoms with E-state index >= 15 is 0 Å². The molecule has 1 aliphatic heterocycles. The van der Waals surface area contributed by atoms with Crippen molar-refractivity contribution in [2.75, 3.05) is 4.41 Å². The zero-order valence-electron chi connectivity index (χ0n) is 9.46. The monoisotopic (exact) mass is 257 g/mol. The van der Waals surface area contributed by atoms with Gasteiger partial charge in [0.05, 0.1) is 5.69 Å². The summed E-state index contributed by atoms with van der Waals surface area (Å²) in [5.41, 5.74) is 10.1. The summed E-state index contributed by atoms with van der Waals surface area (Å²) >= 11 is 1.55. The lowest BCUT2D eigenvalue weighted by Crippen LogP contribution is -2.23. The van der Waals surface area contributed by atoms with Crippen molar-refractivity contribution >= 4 is 34.3 Å². The molecule has 0 saturated heterocycles. The number of hydrogen-bond donors (Lipinski definition) is 2. The van der Waals surface area contributed by atoms with Gasteiger partial charge in [-0.25, -0.2) is 4.41 Å². The van der Waals surface area contributed by atoms with E-state index in [4.69, 9.17) is 5.73 Å². The van der Waals surface area contributed by atoms with Gasteiger partial charge in [0.15, 0.2) is 0 Å². The molecule has 0 fully saturated rings. The van der Waals surface area contributed by atoms with Gasteiger partial charge >= 0.3 is 0 Å². The standard InChI is InChI=1S/C13H11N3OS/c14-13(17)11-5-6-12(16-15-7-8-18-16)10-4-2-1-3-9(10)11/h1-8,15H,(H2,14,17). The molecule has 2 aromatic rings. The Morgan fingerprint density at radius 2 is 1.94 bits per heavy atom. The number of rotatable bonds is 2. The number of hydrazine groups is 1. The maximum Gasteiger partial charge on any atom is 0.249 e. The van der Waals surface area contributed by atoms with Crippen molar-refractivity contribution in [1.29, 1.82) is 0 Å². The summed E-state index contributed by atoms with van der Waals surface area (Å²) < 4.78 is 1.94. The van der Waals surface area contributed by atoms with Gasteiger partial charge in [0, 0.05) is 34.5 Å². The highest BCUT2D eigenvalue weighted by Gasteiger charge is 2.15. The number of carbonyl (C=O) groups excluding carboxylic acids is 1. The molecule has 0 saturated carbocycles. The molecule has 18 heavy (non-hydrogen) atoms. The predicted molar refractivity (Wildman–Crippen MR) is 74.8 cm³/mol. The Labute approximate surface area is 109 Å². The van der Waals surface area contributed by atoms with Gasteiger partial charge in [-0.1, -0.05) is 24.3 Å². The quantitative estimate of drug-likeness (QED) is 0.811. The summed E-state index contributed by atoms with van der Waals surface area (Å²) in [6.45, 7) is 0. The maximum atomic E-state index is 11.4. The summed E-state index contributed by atoms with van der Waals surface area (Å²) in [6.07, 6.45) is 1.86. The van der Waals surface area contributed by atoms with Crippen LogP contribution in [0.2, 0.25) is 0 Å². The highest BCUT2D eigenvalue weighted by molar-refractivity contribution is 8.03. The number of nitrogens with zero attached hydrogens (tertiary/aromatic N) is 1. The predicted octanol–water partition coefficient (Wildman–Crippen LogP) is 2.38. The second-order valence-corrected chi connectivity index (χ2v) is 4.72. The van der Waals surface area contributed by atoms with E-state index in [0.29, 0.717) is 5.56 Å². The molecule has 0 aliphatic carbocycles. The van der Waals surface area contributed by atoms with Gasteiger partial charge in [0.1, 0.15) is 0 Å². The molecule has 0 atom stereocenters. The summed E-state index contributed by atoms with van der Waals surface area (Å²) in [6, 6.07) is 11.4. The van der Waals surface area contributed by atoms with Crippen molar-refractivity contribution < 1.29 is 4.79 Å². The number of hydrogen-bond acceptors (Lipinski definition) is 4. The van der Waals surface area contributed by atoms with Crippen molar-refractivity contribution in [3.8, 4) is 0 Å². The molecule has 4 nitrogen and oxygen atoms in total. The molecule has 0 spiro atoms. The first kappa shape index (κ1) is 11.0. The molecule has 0 bridgehead atoms. The van der Waals surface area contributed by atoms with Crippen LogP contribution in [0.1, 0.15) is 10.4 Å². The molecule has 0 unspecified atom stereocenters. The Morgan fingerprint density at radius 1 is 1.17 bits per heavy atom. The van der Waals surface area contributed by atoms with Crippen molar-refractivity contribution in [2.45, 2.75) is 0 Å². The molecule has 3 N–H and O–H groups in total. The summed E-state index contributed by atoms with van der Waals surface area (Å²) in [5, 5.41) is 3.82. The van der Waals surface area contributed by atoms with Crippen LogP contribution in [0.25, 0.3) is 10.8 Å². The average molecular weight is 257 g/mol. The molecule has 0 aromatic heterocycles. The van der Waals surface area contributed by atoms with E-state index < -0.39 is 5.91 Å². The molecule has 1 heterocycles. The van der Waals surface area contributed by atoms with E-state index in [1.165, 1.54) is 0 Å². The zero-order chi connectivity index (χ0) is 12.5. The summed E-state index contributed by atoms with van der Waals surface area (Å²) in [5.74, 6) is -0.405. The van der Waals surface area contributed by atoms with Crippen LogP contribution < -0.4 is 15.6 Å². The molecular weight excluding hydrogens is 246 g/mol.